The minimum absolute atomic E-state index is 0.00325. The molecule has 21 heavy (non-hydrogen) atoms. The predicted molar refractivity (Wildman–Crippen MR) is 82.7 cm³/mol. The molecule has 0 saturated carbocycles. The smallest absolute Gasteiger partial charge is 0.230 e. The maximum atomic E-state index is 11.6. The second-order valence-electron chi connectivity index (χ2n) is 4.78. The Bertz CT molecular complexity index is 626. The van der Waals surface area contributed by atoms with Crippen molar-refractivity contribution < 1.29 is 4.79 Å². The van der Waals surface area contributed by atoms with Crippen LogP contribution in [0.4, 0.5) is 0 Å². The van der Waals surface area contributed by atoms with Gasteiger partial charge >= 0.3 is 0 Å². The number of hydrogen-bond acceptors (Lipinski definition) is 5. The number of nitrogens with one attached hydrogen (secondary N) is 1. The number of amides is 1. The van der Waals surface area contributed by atoms with Gasteiger partial charge in [0.1, 0.15) is 0 Å². The quantitative estimate of drug-likeness (QED) is 0.825. The number of aromatic nitrogens is 4. The zero-order valence-corrected chi connectivity index (χ0v) is 13.3. The van der Waals surface area contributed by atoms with Crippen molar-refractivity contribution in [3.8, 4) is 5.69 Å². The molecule has 1 heterocycles. The van der Waals surface area contributed by atoms with Crippen LogP contribution >= 0.6 is 11.8 Å². The van der Waals surface area contributed by atoms with E-state index in [0.29, 0.717) is 17.5 Å². The molecular weight excluding hydrogens is 286 g/mol. The van der Waals surface area contributed by atoms with E-state index < -0.39 is 0 Å². The van der Waals surface area contributed by atoms with Crippen LogP contribution in [0.25, 0.3) is 5.69 Å². The molecule has 0 bridgehead atoms. The normalized spacial score (nSPS) is 10.6. The van der Waals surface area contributed by atoms with Gasteiger partial charge in [-0.3, -0.25) is 4.79 Å². The second-order valence-corrected chi connectivity index (χ2v) is 5.72. The van der Waals surface area contributed by atoms with E-state index in [0.717, 1.165) is 12.1 Å². The van der Waals surface area contributed by atoms with Gasteiger partial charge in [0.25, 0.3) is 0 Å². The van der Waals surface area contributed by atoms with E-state index in [1.165, 1.54) is 22.9 Å². The van der Waals surface area contributed by atoms with Crippen LogP contribution in [0.15, 0.2) is 23.4 Å². The number of thioether (sulfide) groups is 1. The zero-order chi connectivity index (χ0) is 15.2. The molecule has 1 amide bonds. The molecule has 0 unspecified atom stereocenters. The van der Waals surface area contributed by atoms with E-state index in [1.807, 2.05) is 32.0 Å². The highest BCUT2D eigenvalue weighted by molar-refractivity contribution is 7.99. The molecule has 0 aliphatic heterocycles. The summed E-state index contributed by atoms with van der Waals surface area (Å²) < 4.78 is 1.66. The summed E-state index contributed by atoms with van der Waals surface area (Å²) in [6.07, 6.45) is 0.927. The fourth-order valence-electron chi connectivity index (χ4n) is 1.73. The van der Waals surface area contributed by atoms with Gasteiger partial charge in [-0.2, -0.15) is 4.68 Å². The average molecular weight is 305 g/mol. The lowest BCUT2D eigenvalue weighted by atomic mass is 10.1. The average Bonchev–Trinajstić information content (AvgIpc) is 2.94. The van der Waals surface area contributed by atoms with Crippen molar-refractivity contribution in [2.75, 3.05) is 12.3 Å². The third-order valence-electron chi connectivity index (χ3n) is 3.08. The molecule has 6 nitrogen and oxygen atoms in total. The molecule has 0 fully saturated rings. The third kappa shape index (κ3) is 4.04. The van der Waals surface area contributed by atoms with Crippen LogP contribution in [0.3, 0.4) is 0 Å². The van der Waals surface area contributed by atoms with Crippen molar-refractivity contribution in [2.45, 2.75) is 32.3 Å². The predicted octanol–water partition coefficient (Wildman–Crippen LogP) is 1.90. The molecule has 0 saturated heterocycles. The van der Waals surface area contributed by atoms with Crippen LogP contribution in [-0.2, 0) is 4.79 Å². The monoisotopic (exact) mass is 305 g/mol. The van der Waals surface area contributed by atoms with Crippen LogP contribution in [0.1, 0.15) is 24.5 Å². The second kappa shape index (κ2) is 7.21. The van der Waals surface area contributed by atoms with E-state index in [1.54, 1.807) is 4.68 Å². The van der Waals surface area contributed by atoms with Crippen LogP contribution in [0.2, 0.25) is 0 Å². The number of rotatable bonds is 6. The number of benzene rings is 1. The zero-order valence-electron chi connectivity index (χ0n) is 12.5. The van der Waals surface area contributed by atoms with Gasteiger partial charge in [0.05, 0.1) is 11.4 Å². The van der Waals surface area contributed by atoms with Crippen LogP contribution in [-0.4, -0.2) is 38.4 Å². The minimum atomic E-state index is -0.00325. The molecule has 0 aliphatic rings. The Balaban J connectivity index is 2.08. The lowest BCUT2D eigenvalue weighted by Gasteiger charge is -2.07. The summed E-state index contributed by atoms with van der Waals surface area (Å²) in [6.45, 7) is 6.83. The first-order chi connectivity index (χ1) is 10.1. The first-order valence-corrected chi connectivity index (χ1v) is 7.86. The molecule has 1 aromatic heterocycles. The standard InChI is InChI=1S/C14H19N5OS/c1-4-7-15-13(20)9-21-14-16-17-18-19(14)12-6-5-10(2)11(3)8-12/h5-6,8H,4,7,9H2,1-3H3,(H,15,20). The Hall–Kier alpha value is -1.89. The third-order valence-corrected chi connectivity index (χ3v) is 4.00. The SMILES string of the molecule is CCCNC(=O)CSc1nnnn1-c1ccc(C)c(C)c1. The van der Waals surface area contributed by atoms with Crippen LogP contribution < -0.4 is 5.32 Å². The summed E-state index contributed by atoms with van der Waals surface area (Å²) in [5.74, 6) is 0.307. The highest BCUT2D eigenvalue weighted by Gasteiger charge is 2.11. The molecular formula is C14H19N5OS. The Morgan fingerprint density at radius 3 is 2.86 bits per heavy atom. The summed E-state index contributed by atoms with van der Waals surface area (Å²) in [5.41, 5.74) is 3.30. The number of hydrogen-bond donors (Lipinski definition) is 1. The molecule has 7 heteroatoms. The number of tetrazole rings is 1. The van der Waals surface area contributed by atoms with E-state index in [4.69, 9.17) is 0 Å². The molecule has 1 aromatic carbocycles. The summed E-state index contributed by atoms with van der Waals surface area (Å²) in [4.78, 5) is 11.6. The number of carbonyl (C=O) groups is 1. The van der Waals surface area contributed by atoms with Gasteiger partial charge in [0.2, 0.25) is 11.1 Å². The Kier molecular flexibility index (Phi) is 5.32. The Labute approximate surface area is 128 Å². The van der Waals surface area contributed by atoms with Crippen LogP contribution in [0.5, 0.6) is 0 Å². The molecule has 1 N–H and O–H groups in total. The van der Waals surface area contributed by atoms with Gasteiger partial charge in [-0.05, 0) is 54.0 Å². The largest absolute Gasteiger partial charge is 0.355 e. The maximum Gasteiger partial charge on any atom is 0.230 e. The number of nitrogens with zero attached hydrogens (tertiary/aromatic N) is 4. The van der Waals surface area contributed by atoms with E-state index in [-0.39, 0.29) is 5.91 Å². The van der Waals surface area contributed by atoms with Gasteiger partial charge in [-0.25, -0.2) is 0 Å². The number of carbonyl (C=O) groups excluding carboxylic acids is 1. The van der Waals surface area contributed by atoms with Gasteiger partial charge in [-0.15, -0.1) is 5.10 Å². The highest BCUT2D eigenvalue weighted by Crippen LogP contribution is 2.19. The fourth-order valence-corrected chi connectivity index (χ4v) is 2.45. The summed E-state index contributed by atoms with van der Waals surface area (Å²) >= 11 is 1.33. The fraction of sp³-hybridized carbons (Fsp3) is 0.429. The molecule has 0 spiro atoms. The summed E-state index contributed by atoms with van der Waals surface area (Å²) in [5, 5.41) is 15.1. The first kappa shape index (κ1) is 15.5. The summed E-state index contributed by atoms with van der Waals surface area (Å²) in [7, 11) is 0. The van der Waals surface area contributed by atoms with Crippen LogP contribution in [0, 0.1) is 13.8 Å². The van der Waals surface area contributed by atoms with Gasteiger partial charge < -0.3 is 5.32 Å². The van der Waals surface area contributed by atoms with E-state index in [2.05, 4.69) is 27.8 Å². The molecule has 0 atom stereocenters. The lowest BCUT2D eigenvalue weighted by Crippen LogP contribution is -2.25. The van der Waals surface area contributed by atoms with E-state index >= 15 is 0 Å². The lowest BCUT2D eigenvalue weighted by molar-refractivity contribution is -0.118. The van der Waals surface area contributed by atoms with Crippen molar-refractivity contribution in [1.29, 1.82) is 0 Å². The molecule has 2 rings (SSSR count). The summed E-state index contributed by atoms with van der Waals surface area (Å²) in [6, 6.07) is 6.04. The number of aryl methyl sites for hydroxylation is 2. The maximum absolute atomic E-state index is 11.6. The van der Waals surface area contributed by atoms with Gasteiger partial charge in [-0.1, -0.05) is 24.8 Å². The van der Waals surface area contributed by atoms with Crippen molar-refractivity contribution in [1.82, 2.24) is 25.5 Å². The van der Waals surface area contributed by atoms with Crippen molar-refractivity contribution >= 4 is 17.7 Å². The molecule has 0 aliphatic carbocycles. The molecule has 2 aromatic rings. The van der Waals surface area contributed by atoms with Crippen molar-refractivity contribution in [3.63, 3.8) is 0 Å². The highest BCUT2D eigenvalue weighted by atomic mass is 32.2. The molecule has 112 valence electrons. The Morgan fingerprint density at radius 1 is 1.33 bits per heavy atom. The Morgan fingerprint density at radius 2 is 2.14 bits per heavy atom. The first-order valence-electron chi connectivity index (χ1n) is 6.87. The van der Waals surface area contributed by atoms with Crippen molar-refractivity contribution in [2.24, 2.45) is 0 Å². The van der Waals surface area contributed by atoms with Gasteiger partial charge in [0.15, 0.2) is 0 Å². The van der Waals surface area contributed by atoms with Crippen molar-refractivity contribution in [3.05, 3.63) is 29.3 Å². The topological polar surface area (TPSA) is 72.7 Å². The molecule has 0 radical (unpaired) electrons. The van der Waals surface area contributed by atoms with Gasteiger partial charge in [0, 0.05) is 6.54 Å². The minimum Gasteiger partial charge on any atom is -0.355 e. The van der Waals surface area contributed by atoms with E-state index in [9.17, 15) is 4.79 Å².